The molecule has 3 heterocycles. The summed E-state index contributed by atoms with van der Waals surface area (Å²) in [6, 6.07) is 10.6. The lowest BCUT2D eigenvalue weighted by Crippen LogP contribution is -2.27. The Bertz CT molecular complexity index is 1490. The first-order chi connectivity index (χ1) is 16.7. The van der Waals surface area contributed by atoms with Crippen LogP contribution in [0, 0.1) is 11.2 Å². The van der Waals surface area contributed by atoms with Crippen LogP contribution in [0.1, 0.15) is 56.8 Å². The Kier molecular flexibility index (Phi) is 3.52. The molecule has 0 saturated carbocycles. The van der Waals surface area contributed by atoms with E-state index < -0.39 is 43.1 Å². The molecule has 5 rings (SSSR count). The van der Waals surface area contributed by atoms with Crippen LogP contribution in [0.25, 0.3) is 27.5 Å². The lowest BCUT2D eigenvalue weighted by atomic mass is 9.95. The highest BCUT2D eigenvalue weighted by Crippen LogP contribution is 2.36. The first-order valence-corrected chi connectivity index (χ1v) is 10.1. The van der Waals surface area contributed by atoms with Crippen molar-refractivity contribution in [3.05, 3.63) is 60.2 Å². The minimum Gasteiger partial charge on any atom is -0.381 e. The van der Waals surface area contributed by atoms with E-state index in [1.165, 1.54) is 28.9 Å². The van der Waals surface area contributed by atoms with Gasteiger partial charge in [-0.1, -0.05) is 20.8 Å². The van der Waals surface area contributed by atoms with E-state index in [1.54, 1.807) is 49.7 Å². The van der Waals surface area contributed by atoms with Gasteiger partial charge in [0, 0.05) is 53.5 Å². The maximum atomic E-state index is 13.8. The highest BCUT2D eigenvalue weighted by atomic mass is 19.1. The Morgan fingerprint density at radius 1 is 1.13 bits per heavy atom. The molecule has 0 aliphatic carbocycles. The first kappa shape index (κ1) is 14.9. The number of carbonyl (C=O) groups excluding carboxylic acids is 1. The van der Waals surface area contributed by atoms with E-state index in [0.29, 0.717) is 27.5 Å². The molecule has 0 amide bonds. The van der Waals surface area contributed by atoms with Crippen molar-refractivity contribution in [3.63, 3.8) is 0 Å². The number of rotatable bonds is 2. The molecular formula is C25H26FN3O2. The third kappa shape index (κ3) is 3.45. The summed E-state index contributed by atoms with van der Waals surface area (Å²) in [5.41, 5.74) is 0.928. The highest BCUT2D eigenvalue weighted by Gasteiger charge is 2.27. The van der Waals surface area contributed by atoms with Crippen LogP contribution < -0.4 is 0 Å². The van der Waals surface area contributed by atoms with Crippen molar-refractivity contribution in [2.75, 3.05) is 13.2 Å². The summed E-state index contributed by atoms with van der Waals surface area (Å²) < 4.78 is 65.5. The summed E-state index contributed by atoms with van der Waals surface area (Å²) in [5, 5.41) is 5.49. The van der Waals surface area contributed by atoms with E-state index in [2.05, 4.69) is 5.10 Å². The molecular weight excluding hydrogens is 393 g/mol. The largest absolute Gasteiger partial charge is 0.381 e. The minimum absolute atomic E-state index is 0.0664. The maximum absolute atomic E-state index is 13.8. The number of benzene rings is 2. The molecule has 0 N–H and O–H groups in total. The minimum atomic E-state index is -2.38. The van der Waals surface area contributed by atoms with Crippen molar-refractivity contribution in [2.24, 2.45) is 5.41 Å². The molecule has 0 bridgehead atoms. The van der Waals surface area contributed by atoms with Crippen LogP contribution in [0.5, 0.6) is 0 Å². The molecule has 1 saturated heterocycles. The average Bonchev–Trinajstić information content (AvgIpc) is 3.36. The topological polar surface area (TPSA) is 49.1 Å². The Balaban J connectivity index is 1.86. The van der Waals surface area contributed by atoms with Crippen molar-refractivity contribution in [1.82, 2.24) is 14.3 Å². The van der Waals surface area contributed by atoms with E-state index in [0.717, 1.165) is 0 Å². The molecule has 0 atom stereocenters. The van der Waals surface area contributed by atoms with Gasteiger partial charge in [-0.2, -0.15) is 9.78 Å². The van der Waals surface area contributed by atoms with Crippen molar-refractivity contribution in [2.45, 2.75) is 39.4 Å². The fraction of sp³-hybridized carbons (Fsp3) is 0.360. The number of nitrogens with zero attached hydrogens (tertiary/aromatic N) is 3. The van der Waals surface area contributed by atoms with Gasteiger partial charge in [0.05, 0.1) is 17.2 Å². The molecule has 6 heteroatoms. The number of carbonyl (C=O) groups is 1. The predicted octanol–water partition coefficient (Wildman–Crippen LogP) is 5.70. The van der Waals surface area contributed by atoms with Crippen LogP contribution in [0.15, 0.2) is 48.7 Å². The monoisotopic (exact) mass is 424 g/mol. The standard InChI is InChI=1S/C25H26FN3O2/c1-25(2,3)24(30)29-23-13-17-12-21(16-8-10-31-11-9-16)28(20-6-4-19(26)5-7-20)22(17)14-18(23)15-27-29/h4-7,12-16H,8-11H2,1-3H3/i8D2,9D2,16D. The van der Waals surface area contributed by atoms with E-state index in [9.17, 15) is 10.6 Å². The van der Waals surface area contributed by atoms with Crippen molar-refractivity contribution in [3.8, 4) is 5.69 Å². The van der Waals surface area contributed by atoms with Crippen molar-refractivity contribution in [1.29, 1.82) is 0 Å². The van der Waals surface area contributed by atoms with Crippen LogP contribution in [0.4, 0.5) is 4.39 Å². The van der Waals surface area contributed by atoms with Gasteiger partial charge in [0.2, 0.25) is 0 Å². The molecule has 1 fully saturated rings. The van der Waals surface area contributed by atoms with Gasteiger partial charge < -0.3 is 9.30 Å². The van der Waals surface area contributed by atoms with Gasteiger partial charge >= 0.3 is 0 Å². The number of hydrogen-bond donors (Lipinski definition) is 0. The van der Waals surface area contributed by atoms with E-state index in [4.69, 9.17) is 10.2 Å². The van der Waals surface area contributed by atoms with Gasteiger partial charge in [-0.05, 0) is 55.2 Å². The van der Waals surface area contributed by atoms with Crippen LogP contribution in [0.3, 0.4) is 0 Å². The van der Waals surface area contributed by atoms with Gasteiger partial charge in [0.1, 0.15) is 5.82 Å². The average molecular weight is 425 g/mol. The zero-order chi connectivity index (χ0) is 26.3. The number of hydrogen-bond acceptors (Lipinski definition) is 3. The molecule has 2 aromatic carbocycles. The second-order valence-corrected chi connectivity index (χ2v) is 8.64. The molecule has 5 nitrogen and oxygen atoms in total. The molecule has 4 aromatic rings. The zero-order valence-electron chi connectivity index (χ0n) is 22.6. The van der Waals surface area contributed by atoms with Gasteiger partial charge in [-0.3, -0.25) is 4.79 Å². The second kappa shape index (κ2) is 7.31. The van der Waals surface area contributed by atoms with Crippen LogP contribution >= 0.6 is 0 Å². The summed E-state index contributed by atoms with van der Waals surface area (Å²) in [6.07, 6.45) is -3.19. The second-order valence-electron chi connectivity index (χ2n) is 8.64. The van der Waals surface area contributed by atoms with E-state index in [-0.39, 0.29) is 11.6 Å². The molecule has 2 aromatic heterocycles. The number of ether oxygens (including phenoxy) is 1. The third-order valence-corrected chi connectivity index (χ3v) is 5.37. The Morgan fingerprint density at radius 2 is 1.81 bits per heavy atom. The molecule has 1 aliphatic rings. The van der Waals surface area contributed by atoms with Crippen molar-refractivity contribution >= 4 is 27.7 Å². The lowest BCUT2D eigenvalue weighted by Gasteiger charge is -2.24. The summed E-state index contributed by atoms with van der Waals surface area (Å²) in [5.74, 6) is -3.02. The Morgan fingerprint density at radius 3 is 2.48 bits per heavy atom. The SMILES string of the molecule is [2H]C1([2H])COCC([2H])([2H])C1([2H])c1cc2cc3c(cnn3C(=O)C(C)(C)C)cc2n1-c1ccc(F)cc1. The van der Waals surface area contributed by atoms with Crippen LogP contribution in [0.2, 0.25) is 0 Å². The highest BCUT2D eigenvalue weighted by molar-refractivity contribution is 6.01. The maximum Gasteiger partial charge on any atom is 0.252 e. The summed E-state index contributed by atoms with van der Waals surface area (Å²) in [6.45, 7) is 4.49. The molecule has 0 radical (unpaired) electrons. The van der Waals surface area contributed by atoms with E-state index in [1.807, 2.05) is 0 Å². The predicted molar refractivity (Wildman–Crippen MR) is 119 cm³/mol. The quantitative estimate of drug-likeness (QED) is 0.415. The number of halogens is 1. The summed E-state index contributed by atoms with van der Waals surface area (Å²) in [4.78, 5) is 13.0. The van der Waals surface area contributed by atoms with Crippen LogP contribution in [-0.2, 0) is 4.74 Å². The molecule has 160 valence electrons. The molecule has 0 spiro atoms. The fourth-order valence-electron chi connectivity index (χ4n) is 3.80. The lowest BCUT2D eigenvalue weighted by molar-refractivity contribution is 0.0755. The number of fused-ring (bicyclic) bond motifs is 2. The smallest absolute Gasteiger partial charge is 0.252 e. The van der Waals surface area contributed by atoms with Crippen molar-refractivity contribution < 1.29 is 20.8 Å². The van der Waals surface area contributed by atoms with Crippen LogP contribution in [-0.4, -0.2) is 33.5 Å². The fourth-order valence-corrected chi connectivity index (χ4v) is 3.80. The van der Waals surface area contributed by atoms with E-state index >= 15 is 0 Å². The Hall–Kier alpha value is -2.99. The first-order valence-electron chi connectivity index (χ1n) is 12.6. The molecule has 0 unspecified atom stereocenters. The number of aromatic nitrogens is 3. The molecule has 31 heavy (non-hydrogen) atoms. The third-order valence-electron chi connectivity index (χ3n) is 5.37. The summed E-state index contributed by atoms with van der Waals surface area (Å²) >= 11 is 0. The molecule has 1 aliphatic heterocycles. The Labute approximate surface area is 187 Å². The zero-order valence-corrected chi connectivity index (χ0v) is 17.6. The summed E-state index contributed by atoms with van der Waals surface area (Å²) in [7, 11) is 0. The van der Waals surface area contributed by atoms with Gasteiger partial charge in [-0.25, -0.2) is 4.39 Å². The normalized spacial score (nSPS) is 22.4. The van der Waals surface area contributed by atoms with Gasteiger partial charge in [-0.15, -0.1) is 0 Å². The van der Waals surface area contributed by atoms with Gasteiger partial charge in [0.15, 0.2) is 0 Å². The van der Waals surface area contributed by atoms with Gasteiger partial charge in [0.25, 0.3) is 5.91 Å².